The van der Waals surface area contributed by atoms with E-state index in [1.165, 1.54) is 6.92 Å². The molecule has 2 rings (SSSR count). The van der Waals surface area contributed by atoms with Crippen molar-refractivity contribution < 1.29 is 14.6 Å². The molecule has 4 heteroatoms. The first kappa shape index (κ1) is 17.0. The molecule has 0 aromatic heterocycles. The van der Waals surface area contributed by atoms with Crippen LogP contribution in [0.3, 0.4) is 0 Å². The molecule has 0 fully saturated rings. The number of carbonyl (C=O) groups excluding carboxylic acids is 1. The second kappa shape index (κ2) is 6.84. The number of aliphatic hydroxyl groups is 1. The zero-order valence-corrected chi connectivity index (χ0v) is 14.0. The minimum atomic E-state index is -1.66. The van der Waals surface area contributed by atoms with Gasteiger partial charge in [0, 0.05) is 5.69 Å². The Morgan fingerprint density at radius 1 is 1.04 bits per heavy atom. The van der Waals surface area contributed by atoms with Gasteiger partial charge < -0.3 is 15.2 Å². The quantitative estimate of drug-likeness (QED) is 0.888. The normalized spacial score (nSPS) is 14.7. The lowest BCUT2D eigenvalue weighted by Gasteiger charge is -2.29. The van der Waals surface area contributed by atoms with Gasteiger partial charge in [-0.25, -0.2) is 0 Å². The molecular weight excluding hydrogens is 290 g/mol. The van der Waals surface area contributed by atoms with Crippen molar-refractivity contribution in [1.82, 2.24) is 0 Å². The summed E-state index contributed by atoms with van der Waals surface area (Å²) >= 11 is 0. The van der Waals surface area contributed by atoms with Crippen LogP contribution in [0, 0.1) is 13.8 Å². The van der Waals surface area contributed by atoms with Gasteiger partial charge in [-0.15, -0.1) is 0 Å². The predicted molar refractivity (Wildman–Crippen MR) is 91.7 cm³/mol. The van der Waals surface area contributed by atoms with E-state index in [-0.39, 0.29) is 0 Å². The summed E-state index contributed by atoms with van der Waals surface area (Å²) in [6, 6.07) is 14.9. The van der Waals surface area contributed by atoms with Crippen molar-refractivity contribution >= 4 is 11.6 Å². The maximum Gasteiger partial charge on any atom is 0.259 e. The highest BCUT2D eigenvalue weighted by Gasteiger charge is 2.38. The molecule has 0 aliphatic rings. The van der Waals surface area contributed by atoms with Crippen LogP contribution in [0.5, 0.6) is 5.75 Å². The SMILES string of the molecule is Cc1ccc(NC(=O)[C@@](C)(O)C(C)Oc2ccc(C)cc2)cc1. The van der Waals surface area contributed by atoms with Crippen molar-refractivity contribution in [2.45, 2.75) is 39.4 Å². The van der Waals surface area contributed by atoms with E-state index < -0.39 is 17.6 Å². The van der Waals surface area contributed by atoms with Gasteiger partial charge in [-0.3, -0.25) is 4.79 Å². The van der Waals surface area contributed by atoms with Crippen molar-refractivity contribution in [1.29, 1.82) is 0 Å². The molecule has 0 saturated carbocycles. The molecule has 2 N–H and O–H groups in total. The van der Waals surface area contributed by atoms with Gasteiger partial charge in [-0.05, 0) is 52.0 Å². The van der Waals surface area contributed by atoms with Crippen molar-refractivity contribution in [2.75, 3.05) is 5.32 Å². The van der Waals surface area contributed by atoms with Gasteiger partial charge in [0.2, 0.25) is 0 Å². The predicted octanol–water partition coefficient (Wildman–Crippen LogP) is 3.46. The van der Waals surface area contributed by atoms with Crippen LogP contribution in [0.15, 0.2) is 48.5 Å². The Balaban J connectivity index is 2.04. The van der Waals surface area contributed by atoms with Gasteiger partial charge in [0.05, 0.1) is 0 Å². The number of benzene rings is 2. The lowest BCUT2D eigenvalue weighted by molar-refractivity contribution is -0.140. The molecule has 0 spiro atoms. The third-order valence-electron chi connectivity index (χ3n) is 3.89. The van der Waals surface area contributed by atoms with Crippen molar-refractivity contribution in [3.8, 4) is 5.75 Å². The van der Waals surface area contributed by atoms with Crippen molar-refractivity contribution in [3.05, 3.63) is 59.7 Å². The van der Waals surface area contributed by atoms with Crippen LogP contribution in [0.2, 0.25) is 0 Å². The summed E-state index contributed by atoms with van der Waals surface area (Å²) in [5.74, 6) is 0.118. The first-order valence-corrected chi connectivity index (χ1v) is 7.63. The minimum Gasteiger partial charge on any atom is -0.487 e. The first-order valence-electron chi connectivity index (χ1n) is 7.63. The number of nitrogens with one attached hydrogen (secondary N) is 1. The average Bonchev–Trinajstić information content (AvgIpc) is 2.51. The lowest BCUT2D eigenvalue weighted by atomic mass is 9.99. The van der Waals surface area contributed by atoms with Gasteiger partial charge in [-0.2, -0.15) is 0 Å². The Hall–Kier alpha value is -2.33. The smallest absolute Gasteiger partial charge is 0.259 e. The number of anilines is 1. The number of rotatable bonds is 5. The molecule has 2 aromatic carbocycles. The monoisotopic (exact) mass is 313 g/mol. The van der Waals surface area contributed by atoms with Crippen molar-refractivity contribution in [2.24, 2.45) is 0 Å². The highest BCUT2D eigenvalue weighted by Crippen LogP contribution is 2.21. The van der Waals surface area contributed by atoms with E-state index >= 15 is 0 Å². The maximum absolute atomic E-state index is 12.4. The van der Waals surface area contributed by atoms with E-state index in [1.54, 1.807) is 19.1 Å². The molecule has 0 bridgehead atoms. The van der Waals surface area contributed by atoms with E-state index in [1.807, 2.05) is 50.2 Å². The Labute approximate surface area is 137 Å². The standard InChI is InChI=1S/C19H23NO3/c1-13-5-9-16(10-6-13)20-18(21)19(4,22)15(3)23-17-11-7-14(2)8-12-17/h5-12,15,22H,1-4H3,(H,20,21)/t15?,19-/m0/s1. The fourth-order valence-electron chi connectivity index (χ4n) is 2.01. The fraction of sp³-hybridized carbons (Fsp3) is 0.316. The van der Waals surface area contributed by atoms with Crippen LogP contribution in [0.1, 0.15) is 25.0 Å². The summed E-state index contributed by atoms with van der Waals surface area (Å²) in [6.45, 7) is 7.08. The second-order valence-corrected chi connectivity index (χ2v) is 6.04. The summed E-state index contributed by atoms with van der Waals surface area (Å²) in [7, 11) is 0. The molecule has 0 saturated heterocycles. The molecule has 4 nitrogen and oxygen atoms in total. The summed E-state index contributed by atoms with van der Waals surface area (Å²) in [5, 5.41) is 13.3. The maximum atomic E-state index is 12.4. The van der Waals surface area contributed by atoms with Crippen LogP contribution in [-0.4, -0.2) is 22.7 Å². The summed E-state index contributed by atoms with van der Waals surface area (Å²) in [5.41, 5.74) is 1.21. The summed E-state index contributed by atoms with van der Waals surface area (Å²) < 4.78 is 5.70. The van der Waals surface area contributed by atoms with E-state index in [9.17, 15) is 9.90 Å². The van der Waals surface area contributed by atoms with Crippen LogP contribution < -0.4 is 10.1 Å². The Morgan fingerprint density at radius 2 is 1.52 bits per heavy atom. The highest BCUT2D eigenvalue weighted by atomic mass is 16.5. The zero-order chi connectivity index (χ0) is 17.0. The number of carbonyl (C=O) groups is 1. The topological polar surface area (TPSA) is 58.6 Å². The number of hydrogen-bond donors (Lipinski definition) is 2. The molecule has 23 heavy (non-hydrogen) atoms. The van der Waals surface area contributed by atoms with E-state index in [0.29, 0.717) is 11.4 Å². The number of hydrogen-bond acceptors (Lipinski definition) is 3. The molecule has 2 aromatic rings. The van der Waals surface area contributed by atoms with Crippen LogP contribution in [0.25, 0.3) is 0 Å². The van der Waals surface area contributed by atoms with Crippen molar-refractivity contribution in [3.63, 3.8) is 0 Å². The molecule has 1 amide bonds. The van der Waals surface area contributed by atoms with Crippen LogP contribution in [-0.2, 0) is 4.79 Å². The average molecular weight is 313 g/mol. The molecule has 0 radical (unpaired) electrons. The molecule has 122 valence electrons. The van der Waals surface area contributed by atoms with E-state index in [2.05, 4.69) is 5.32 Å². The van der Waals surface area contributed by atoms with Gasteiger partial charge in [0.15, 0.2) is 5.60 Å². The number of amides is 1. The molecule has 0 aliphatic carbocycles. The molecule has 0 heterocycles. The van der Waals surface area contributed by atoms with Gasteiger partial charge in [0.1, 0.15) is 11.9 Å². The van der Waals surface area contributed by atoms with Gasteiger partial charge >= 0.3 is 0 Å². The summed E-state index contributed by atoms with van der Waals surface area (Å²) in [4.78, 5) is 12.4. The Kier molecular flexibility index (Phi) is 5.06. The zero-order valence-electron chi connectivity index (χ0n) is 14.0. The fourth-order valence-corrected chi connectivity index (χ4v) is 2.01. The molecule has 2 atom stereocenters. The third-order valence-corrected chi connectivity index (χ3v) is 3.89. The van der Waals surface area contributed by atoms with Crippen LogP contribution in [0.4, 0.5) is 5.69 Å². The highest BCUT2D eigenvalue weighted by molar-refractivity contribution is 5.97. The van der Waals surface area contributed by atoms with Gasteiger partial charge in [0.25, 0.3) is 5.91 Å². The summed E-state index contributed by atoms with van der Waals surface area (Å²) in [6.07, 6.45) is -0.698. The number of aryl methyl sites for hydroxylation is 2. The first-order chi connectivity index (χ1) is 10.8. The number of ether oxygens (including phenoxy) is 1. The molecule has 0 aliphatic heterocycles. The minimum absolute atomic E-state index is 0.499. The molecular formula is C19H23NO3. The Morgan fingerprint density at radius 3 is 2.04 bits per heavy atom. The van der Waals surface area contributed by atoms with E-state index in [4.69, 9.17) is 4.74 Å². The van der Waals surface area contributed by atoms with E-state index in [0.717, 1.165) is 11.1 Å². The van der Waals surface area contributed by atoms with Crippen LogP contribution >= 0.6 is 0 Å². The second-order valence-electron chi connectivity index (χ2n) is 6.04. The third kappa shape index (κ3) is 4.33. The van der Waals surface area contributed by atoms with Gasteiger partial charge in [-0.1, -0.05) is 35.4 Å². The largest absolute Gasteiger partial charge is 0.487 e. The molecule has 1 unspecified atom stereocenters. The lowest BCUT2D eigenvalue weighted by Crippen LogP contribution is -2.51. The Bertz CT molecular complexity index is 660.